The molecule has 4 aromatic rings. The summed E-state index contributed by atoms with van der Waals surface area (Å²) in [7, 11) is 0. The van der Waals surface area contributed by atoms with Crippen molar-refractivity contribution < 1.29 is 0 Å². The van der Waals surface area contributed by atoms with Gasteiger partial charge in [0.05, 0.1) is 17.3 Å². The number of benzene rings is 2. The first-order chi connectivity index (χ1) is 13.0. The van der Waals surface area contributed by atoms with Crippen LogP contribution in [0.1, 0.15) is 30.9 Å². The number of anilines is 2. The van der Waals surface area contributed by atoms with Crippen molar-refractivity contribution in [1.82, 2.24) is 19.7 Å². The molecular weight excluding hydrogens is 358 g/mol. The van der Waals surface area contributed by atoms with Gasteiger partial charge in [0.2, 0.25) is 0 Å². The third-order valence-corrected chi connectivity index (χ3v) is 4.84. The van der Waals surface area contributed by atoms with Gasteiger partial charge in [-0.1, -0.05) is 43.6 Å². The molecular formula is C21H20ClN5. The van der Waals surface area contributed by atoms with E-state index in [0.29, 0.717) is 10.9 Å². The molecule has 2 aromatic heterocycles. The lowest BCUT2D eigenvalue weighted by Crippen LogP contribution is -2.01. The molecule has 0 bridgehead atoms. The minimum absolute atomic E-state index is 0.504. The second-order valence-electron chi connectivity index (χ2n) is 6.85. The van der Waals surface area contributed by atoms with Crippen LogP contribution in [-0.2, 0) is 0 Å². The molecule has 6 heteroatoms. The molecule has 27 heavy (non-hydrogen) atoms. The Hall–Kier alpha value is -2.92. The normalized spacial score (nSPS) is 11.3. The summed E-state index contributed by atoms with van der Waals surface area (Å²) in [6.07, 6.45) is 3.33. The van der Waals surface area contributed by atoms with Crippen LogP contribution in [0, 0.1) is 6.92 Å². The SMILES string of the molecule is Cc1ccc(Cl)cc1-n1ncc2c(Nc3ccc(C(C)C)cc3)ncnc21. The number of aromatic nitrogens is 4. The zero-order valence-corrected chi connectivity index (χ0v) is 16.2. The first kappa shape index (κ1) is 17.5. The van der Waals surface area contributed by atoms with Gasteiger partial charge in [-0.3, -0.25) is 0 Å². The average Bonchev–Trinajstić information content (AvgIpc) is 3.09. The zero-order valence-electron chi connectivity index (χ0n) is 15.4. The quantitative estimate of drug-likeness (QED) is 0.499. The molecule has 2 heterocycles. The fourth-order valence-corrected chi connectivity index (χ4v) is 3.19. The molecule has 0 spiro atoms. The van der Waals surface area contributed by atoms with Gasteiger partial charge in [0.25, 0.3) is 0 Å². The second kappa shape index (κ2) is 7.00. The molecule has 1 N–H and O–H groups in total. The average molecular weight is 378 g/mol. The third kappa shape index (κ3) is 3.38. The number of nitrogens with zero attached hydrogens (tertiary/aromatic N) is 4. The van der Waals surface area contributed by atoms with E-state index in [2.05, 4.69) is 58.5 Å². The van der Waals surface area contributed by atoms with Gasteiger partial charge in [0.15, 0.2) is 5.65 Å². The summed E-state index contributed by atoms with van der Waals surface area (Å²) in [5.41, 5.74) is 4.99. The van der Waals surface area contributed by atoms with E-state index in [9.17, 15) is 0 Å². The highest BCUT2D eigenvalue weighted by Gasteiger charge is 2.13. The molecule has 0 fully saturated rings. The van der Waals surface area contributed by atoms with Gasteiger partial charge in [0, 0.05) is 10.7 Å². The summed E-state index contributed by atoms with van der Waals surface area (Å²) in [6.45, 7) is 6.39. The van der Waals surface area contributed by atoms with Crippen LogP contribution in [0.2, 0.25) is 5.02 Å². The molecule has 0 saturated carbocycles. The number of halogens is 1. The fourth-order valence-electron chi connectivity index (χ4n) is 3.02. The van der Waals surface area contributed by atoms with E-state index in [0.717, 1.165) is 33.8 Å². The Bertz CT molecular complexity index is 1100. The van der Waals surface area contributed by atoms with Gasteiger partial charge >= 0.3 is 0 Å². The molecule has 136 valence electrons. The Morgan fingerprint density at radius 1 is 1.04 bits per heavy atom. The van der Waals surface area contributed by atoms with E-state index in [1.807, 2.05) is 25.1 Å². The lowest BCUT2D eigenvalue weighted by atomic mass is 10.0. The third-order valence-electron chi connectivity index (χ3n) is 4.61. The Morgan fingerprint density at radius 2 is 1.81 bits per heavy atom. The van der Waals surface area contributed by atoms with Gasteiger partial charge in [0.1, 0.15) is 12.1 Å². The highest BCUT2D eigenvalue weighted by Crippen LogP contribution is 2.27. The number of rotatable bonds is 4. The molecule has 0 radical (unpaired) electrons. The van der Waals surface area contributed by atoms with E-state index >= 15 is 0 Å². The summed E-state index contributed by atoms with van der Waals surface area (Å²) >= 11 is 6.17. The standard InChI is InChI=1S/C21H20ClN5/c1-13(2)15-5-8-17(9-6-15)26-20-18-11-25-27(21(18)24-12-23-20)19-10-16(22)7-4-14(19)3/h4-13H,1-3H3,(H,23,24,26). The van der Waals surface area contributed by atoms with Crippen LogP contribution >= 0.6 is 11.6 Å². The van der Waals surface area contributed by atoms with Crippen molar-refractivity contribution in [2.75, 3.05) is 5.32 Å². The van der Waals surface area contributed by atoms with E-state index in [1.165, 1.54) is 5.56 Å². The van der Waals surface area contributed by atoms with E-state index < -0.39 is 0 Å². The maximum Gasteiger partial charge on any atom is 0.168 e. The molecule has 5 nitrogen and oxygen atoms in total. The Labute approximate surface area is 163 Å². The number of hydrogen-bond acceptors (Lipinski definition) is 4. The van der Waals surface area contributed by atoms with Crippen LogP contribution < -0.4 is 5.32 Å². The zero-order chi connectivity index (χ0) is 19.0. The predicted octanol–water partition coefficient (Wildman–Crippen LogP) is 5.64. The Kier molecular flexibility index (Phi) is 4.54. The van der Waals surface area contributed by atoms with Crippen molar-refractivity contribution in [3.05, 3.63) is 71.1 Å². The lowest BCUT2D eigenvalue weighted by molar-refractivity contribution is 0.867. The minimum atomic E-state index is 0.504. The van der Waals surface area contributed by atoms with Crippen molar-refractivity contribution in [3.63, 3.8) is 0 Å². The first-order valence-corrected chi connectivity index (χ1v) is 9.23. The summed E-state index contributed by atoms with van der Waals surface area (Å²) < 4.78 is 1.80. The maximum absolute atomic E-state index is 6.17. The molecule has 0 saturated heterocycles. The number of nitrogens with one attached hydrogen (secondary N) is 1. The lowest BCUT2D eigenvalue weighted by Gasteiger charge is -2.10. The number of hydrogen-bond donors (Lipinski definition) is 1. The van der Waals surface area contributed by atoms with Gasteiger partial charge in [-0.25, -0.2) is 14.6 Å². The summed E-state index contributed by atoms with van der Waals surface area (Å²) in [6, 6.07) is 14.1. The maximum atomic E-state index is 6.17. The molecule has 0 aliphatic heterocycles. The van der Waals surface area contributed by atoms with Crippen LogP contribution in [0.25, 0.3) is 16.7 Å². The topological polar surface area (TPSA) is 55.6 Å². The Morgan fingerprint density at radius 3 is 2.56 bits per heavy atom. The molecule has 2 aromatic carbocycles. The summed E-state index contributed by atoms with van der Waals surface area (Å²) in [4.78, 5) is 8.84. The van der Waals surface area contributed by atoms with Crippen molar-refractivity contribution in [1.29, 1.82) is 0 Å². The predicted molar refractivity (Wildman–Crippen MR) is 110 cm³/mol. The van der Waals surface area contributed by atoms with Crippen molar-refractivity contribution >= 4 is 34.1 Å². The number of fused-ring (bicyclic) bond motifs is 1. The van der Waals surface area contributed by atoms with Crippen molar-refractivity contribution in [3.8, 4) is 5.69 Å². The van der Waals surface area contributed by atoms with Crippen molar-refractivity contribution in [2.45, 2.75) is 26.7 Å². The molecule has 0 aliphatic rings. The molecule has 0 aliphatic carbocycles. The van der Waals surface area contributed by atoms with Crippen LogP contribution in [0.15, 0.2) is 55.0 Å². The van der Waals surface area contributed by atoms with Crippen molar-refractivity contribution in [2.24, 2.45) is 0 Å². The minimum Gasteiger partial charge on any atom is -0.340 e. The monoisotopic (exact) mass is 377 g/mol. The highest BCUT2D eigenvalue weighted by atomic mass is 35.5. The summed E-state index contributed by atoms with van der Waals surface area (Å²) in [5, 5.41) is 9.41. The van der Waals surface area contributed by atoms with Crippen LogP contribution in [-0.4, -0.2) is 19.7 Å². The molecule has 4 rings (SSSR count). The van der Waals surface area contributed by atoms with Gasteiger partial charge < -0.3 is 5.32 Å². The van der Waals surface area contributed by atoms with Gasteiger partial charge in [-0.15, -0.1) is 0 Å². The van der Waals surface area contributed by atoms with Crippen LogP contribution in [0.4, 0.5) is 11.5 Å². The number of aryl methyl sites for hydroxylation is 1. The molecule has 0 amide bonds. The van der Waals surface area contributed by atoms with Crippen LogP contribution in [0.3, 0.4) is 0 Å². The van der Waals surface area contributed by atoms with E-state index in [-0.39, 0.29) is 0 Å². The molecule has 0 atom stereocenters. The fraction of sp³-hybridized carbons (Fsp3) is 0.190. The second-order valence-corrected chi connectivity index (χ2v) is 7.28. The first-order valence-electron chi connectivity index (χ1n) is 8.85. The van der Waals surface area contributed by atoms with E-state index in [4.69, 9.17) is 11.6 Å². The Balaban J connectivity index is 1.73. The van der Waals surface area contributed by atoms with E-state index in [1.54, 1.807) is 17.2 Å². The molecule has 0 unspecified atom stereocenters. The summed E-state index contributed by atoms with van der Waals surface area (Å²) in [5.74, 6) is 1.23. The smallest absolute Gasteiger partial charge is 0.168 e. The highest BCUT2D eigenvalue weighted by molar-refractivity contribution is 6.30. The van der Waals surface area contributed by atoms with Crippen LogP contribution in [0.5, 0.6) is 0 Å². The van der Waals surface area contributed by atoms with Gasteiger partial charge in [-0.05, 0) is 48.2 Å². The largest absolute Gasteiger partial charge is 0.340 e. The van der Waals surface area contributed by atoms with Gasteiger partial charge in [-0.2, -0.15) is 5.10 Å².